The van der Waals surface area contributed by atoms with E-state index in [-0.39, 0.29) is 29.9 Å². The number of aryl methyl sites for hydroxylation is 1. The Bertz CT molecular complexity index is 1160. The average Bonchev–Trinajstić information content (AvgIpc) is 2.74. The minimum absolute atomic E-state index is 0.132. The second-order valence-electron chi connectivity index (χ2n) is 7.81. The zero-order chi connectivity index (χ0) is 22.4. The Balaban J connectivity index is 1.62. The van der Waals surface area contributed by atoms with Crippen molar-refractivity contribution in [2.75, 3.05) is 13.2 Å². The number of carbonyl (C=O) groups excluding carboxylic acids is 1. The van der Waals surface area contributed by atoms with Gasteiger partial charge < -0.3 is 10.1 Å². The van der Waals surface area contributed by atoms with Crippen molar-refractivity contribution in [3.63, 3.8) is 0 Å². The molecule has 2 N–H and O–H groups in total. The molecular formula is C24H28N2O4S. The minimum atomic E-state index is -3.86. The van der Waals surface area contributed by atoms with E-state index in [0.29, 0.717) is 0 Å². The lowest BCUT2D eigenvalue weighted by Gasteiger charge is -2.22. The number of rotatable bonds is 9. The van der Waals surface area contributed by atoms with Gasteiger partial charge in [-0.3, -0.25) is 4.79 Å². The molecule has 0 aromatic heterocycles. The van der Waals surface area contributed by atoms with Crippen LogP contribution in [0, 0.1) is 12.8 Å². The third-order valence-electron chi connectivity index (χ3n) is 4.92. The van der Waals surface area contributed by atoms with Gasteiger partial charge in [0.15, 0.2) is 0 Å². The monoisotopic (exact) mass is 440 g/mol. The highest BCUT2D eigenvalue weighted by molar-refractivity contribution is 7.89. The van der Waals surface area contributed by atoms with E-state index in [1.54, 1.807) is 32.0 Å². The molecule has 0 aliphatic rings. The summed E-state index contributed by atoms with van der Waals surface area (Å²) in [4.78, 5) is 12.8. The first kappa shape index (κ1) is 22.8. The third kappa shape index (κ3) is 6.06. The van der Waals surface area contributed by atoms with Crippen LogP contribution in [0.2, 0.25) is 0 Å². The maximum Gasteiger partial charge on any atom is 0.241 e. The zero-order valence-electron chi connectivity index (χ0n) is 18.0. The molecule has 0 bridgehead atoms. The molecule has 1 atom stereocenters. The van der Waals surface area contributed by atoms with Crippen LogP contribution in [0.1, 0.15) is 19.4 Å². The quantitative estimate of drug-likeness (QED) is 0.498. The van der Waals surface area contributed by atoms with Crippen molar-refractivity contribution in [3.8, 4) is 5.75 Å². The molecule has 1 unspecified atom stereocenters. The third-order valence-corrected chi connectivity index (χ3v) is 6.36. The van der Waals surface area contributed by atoms with Gasteiger partial charge in [-0.15, -0.1) is 0 Å². The standard InChI is InChI=1S/C24H28N2O4S/c1-17(2)23(24(27)25-13-14-30-21-10-6-7-18(3)15-21)26-31(28,29)22-12-11-19-8-4-5-9-20(19)16-22/h4-12,15-17,23,26H,13-14H2,1-3H3,(H,25,27). The molecule has 164 valence electrons. The lowest BCUT2D eigenvalue weighted by molar-refractivity contribution is -0.123. The molecular weight excluding hydrogens is 412 g/mol. The van der Waals surface area contributed by atoms with Crippen LogP contribution in [-0.4, -0.2) is 33.5 Å². The molecule has 3 aromatic carbocycles. The Hall–Kier alpha value is -2.90. The van der Waals surface area contributed by atoms with Crippen molar-refractivity contribution < 1.29 is 17.9 Å². The summed E-state index contributed by atoms with van der Waals surface area (Å²) in [5, 5.41) is 4.54. The number of sulfonamides is 1. The van der Waals surface area contributed by atoms with Gasteiger partial charge in [-0.2, -0.15) is 4.72 Å². The predicted octanol–water partition coefficient (Wildman–Crippen LogP) is 3.65. The Morgan fingerprint density at radius 3 is 2.42 bits per heavy atom. The number of nitrogens with one attached hydrogen (secondary N) is 2. The Morgan fingerprint density at radius 2 is 1.71 bits per heavy atom. The smallest absolute Gasteiger partial charge is 0.241 e. The number of amides is 1. The largest absolute Gasteiger partial charge is 0.492 e. The second-order valence-corrected chi connectivity index (χ2v) is 9.52. The SMILES string of the molecule is Cc1cccc(OCCNC(=O)C(NS(=O)(=O)c2ccc3ccccc3c2)C(C)C)c1. The Kier molecular flexibility index (Phi) is 7.30. The second kappa shape index (κ2) is 9.94. The van der Waals surface area contributed by atoms with E-state index in [2.05, 4.69) is 10.0 Å². The summed E-state index contributed by atoms with van der Waals surface area (Å²) < 4.78 is 34.0. The maximum absolute atomic E-state index is 12.9. The number of hydrogen-bond acceptors (Lipinski definition) is 4. The number of fused-ring (bicyclic) bond motifs is 1. The van der Waals surface area contributed by atoms with Gasteiger partial charge in [0.05, 0.1) is 11.4 Å². The molecule has 3 aromatic rings. The molecule has 3 rings (SSSR count). The molecule has 0 spiro atoms. The summed E-state index contributed by atoms with van der Waals surface area (Å²) >= 11 is 0. The molecule has 0 heterocycles. The van der Waals surface area contributed by atoms with Crippen LogP contribution < -0.4 is 14.8 Å². The van der Waals surface area contributed by atoms with Gasteiger partial charge in [-0.25, -0.2) is 8.42 Å². The van der Waals surface area contributed by atoms with E-state index in [9.17, 15) is 13.2 Å². The normalized spacial score (nSPS) is 12.6. The van der Waals surface area contributed by atoms with Crippen molar-refractivity contribution in [1.29, 1.82) is 0 Å². The fourth-order valence-electron chi connectivity index (χ4n) is 3.22. The first-order valence-electron chi connectivity index (χ1n) is 10.2. The van der Waals surface area contributed by atoms with Gasteiger partial charge >= 0.3 is 0 Å². The number of carbonyl (C=O) groups is 1. The molecule has 0 aliphatic carbocycles. The summed E-state index contributed by atoms with van der Waals surface area (Å²) in [7, 11) is -3.86. The van der Waals surface area contributed by atoms with E-state index in [4.69, 9.17) is 4.74 Å². The summed E-state index contributed by atoms with van der Waals surface area (Å²) in [5.74, 6) is 0.117. The molecule has 6 nitrogen and oxygen atoms in total. The van der Waals surface area contributed by atoms with Crippen LogP contribution in [0.15, 0.2) is 71.6 Å². The predicted molar refractivity (Wildman–Crippen MR) is 123 cm³/mol. The van der Waals surface area contributed by atoms with E-state index in [0.717, 1.165) is 22.1 Å². The van der Waals surface area contributed by atoms with Crippen LogP contribution in [0.25, 0.3) is 10.8 Å². The van der Waals surface area contributed by atoms with E-state index < -0.39 is 16.1 Å². The highest BCUT2D eigenvalue weighted by atomic mass is 32.2. The summed E-state index contributed by atoms with van der Waals surface area (Å²) in [6.07, 6.45) is 0. The van der Waals surface area contributed by atoms with Gasteiger partial charge in [0.1, 0.15) is 18.4 Å². The highest BCUT2D eigenvalue weighted by Crippen LogP contribution is 2.20. The molecule has 0 radical (unpaired) electrons. The summed E-state index contributed by atoms with van der Waals surface area (Å²) in [6, 6.07) is 19.2. The molecule has 0 saturated carbocycles. The van der Waals surface area contributed by atoms with Crippen LogP contribution in [0.4, 0.5) is 0 Å². The van der Waals surface area contributed by atoms with Crippen LogP contribution in [-0.2, 0) is 14.8 Å². The number of ether oxygens (including phenoxy) is 1. The van der Waals surface area contributed by atoms with E-state index in [1.807, 2.05) is 55.5 Å². The van der Waals surface area contributed by atoms with E-state index in [1.165, 1.54) is 0 Å². The van der Waals surface area contributed by atoms with Gasteiger partial charge in [-0.05, 0) is 53.4 Å². The van der Waals surface area contributed by atoms with Crippen molar-refractivity contribution in [3.05, 3.63) is 72.3 Å². The number of benzene rings is 3. The minimum Gasteiger partial charge on any atom is -0.492 e. The zero-order valence-corrected chi connectivity index (χ0v) is 18.8. The lowest BCUT2D eigenvalue weighted by atomic mass is 10.1. The lowest BCUT2D eigenvalue weighted by Crippen LogP contribution is -2.50. The Morgan fingerprint density at radius 1 is 0.968 bits per heavy atom. The van der Waals surface area contributed by atoms with Crippen LogP contribution >= 0.6 is 0 Å². The van der Waals surface area contributed by atoms with Gasteiger partial charge in [0.25, 0.3) is 0 Å². The highest BCUT2D eigenvalue weighted by Gasteiger charge is 2.28. The first-order valence-corrected chi connectivity index (χ1v) is 11.7. The van der Waals surface area contributed by atoms with Crippen molar-refractivity contribution in [2.24, 2.45) is 5.92 Å². The molecule has 0 fully saturated rings. The van der Waals surface area contributed by atoms with Crippen molar-refractivity contribution >= 4 is 26.7 Å². The van der Waals surface area contributed by atoms with Gasteiger partial charge in [0.2, 0.25) is 15.9 Å². The maximum atomic E-state index is 12.9. The van der Waals surface area contributed by atoms with Crippen LogP contribution in [0.5, 0.6) is 5.75 Å². The summed E-state index contributed by atoms with van der Waals surface area (Å²) in [6.45, 7) is 6.14. The van der Waals surface area contributed by atoms with E-state index >= 15 is 0 Å². The van der Waals surface area contributed by atoms with Crippen LogP contribution in [0.3, 0.4) is 0 Å². The fraction of sp³-hybridized carbons (Fsp3) is 0.292. The van der Waals surface area contributed by atoms with Gasteiger partial charge in [-0.1, -0.05) is 56.3 Å². The van der Waals surface area contributed by atoms with Gasteiger partial charge in [0, 0.05) is 0 Å². The summed E-state index contributed by atoms with van der Waals surface area (Å²) in [5.41, 5.74) is 1.09. The van der Waals surface area contributed by atoms with Crippen molar-refractivity contribution in [1.82, 2.24) is 10.0 Å². The molecule has 0 saturated heterocycles. The average molecular weight is 441 g/mol. The molecule has 31 heavy (non-hydrogen) atoms. The molecule has 0 aliphatic heterocycles. The van der Waals surface area contributed by atoms with Crippen molar-refractivity contribution in [2.45, 2.75) is 31.7 Å². The molecule has 7 heteroatoms. The fourth-order valence-corrected chi connectivity index (χ4v) is 4.60. The topological polar surface area (TPSA) is 84.5 Å². The Labute approximate surface area is 183 Å². The molecule has 1 amide bonds. The number of hydrogen-bond donors (Lipinski definition) is 2. The first-order chi connectivity index (χ1) is 14.8.